The van der Waals surface area contributed by atoms with Gasteiger partial charge in [0.1, 0.15) is 6.04 Å². The minimum absolute atomic E-state index is 0.159. The van der Waals surface area contributed by atoms with Gasteiger partial charge in [0.05, 0.1) is 18.1 Å². The van der Waals surface area contributed by atoms with Crippen LogP contribution < -0.4 is 10.6 Å². The second kappa shape index (κ2) is 8.72. The maximum Gasteiger partial charge on any atom is 0.246 e. The first-order valence-corrected chi connectivity index (χ1v) is 10.6. The molecular formula is C20H25N3O4S. The quantitative estimate of drug-likeness (QED) is 0.774. The molecule has 1 aliphatic rings. The van der Waals surface area contributed by atoms with Crippen molar-refractivity contribution in [1.82, 2.24) is 4.31 Å². The fourth-order valence-electron chi connectivity index (χ4n) is 2.89. The van der Waals surface area contributed by atoms with Gasteiger partial charge in [0.25, 0.3) is 0 Å². The lowest BCUT2D eigenvalue weighted by molar-refractivity contribution is -0.116. The zero-order valence-electron chi connectivity index (χ0n) is 16.0. The lowest BCUT2D eigenvalue weighted by Crippen LogP contribution is -2.40. The summed E-state index contributed by atoms with van der Waals surface area (Å²) in [5.74, 6) is -0.249. The Bertz CT molecular complexity index is 923. The van der Waals surface area contributed by atoms with Gasteiger partial charge in [-0.3, -0.25) is 4.79 Å². The number of aryl methyl sites for hydroxylation is 1. The number of nitrogens with one attached hydrogen (secondary N) is 2. The van der Waals surface area contributed by atoms with Gasteiger partial charge < -0.3 is 15.4 Å². The highest BCUT2D eigenvalue weighted by Gasteiger charge is 2.26. The van der Waals surface area contributed by atoms with Gasteiger partial charge in [-0.2, -0.15) is 4.31 Å². The number of amides is 1. The van der Waals surface area contributed by atoms with Gasteiger partial charge in [0.15, 0.2) is 0 Å². The molecule has 7 nitrogen and oxygen atoms in total. The fourth-order valence-corrected chi connectivity index (χ4v) is 4.34. The standard InChI is InChI=1S/C20H25N3O4S/c1-15-6-8-17(9-7-15)21-16(2)20(24)22-18-4-3-5-19(14-18)28(25,26)23-10-12-27-13-11-23/h3-9,14,16,21H,10-13H2,1-2H3,(H,22,24)/t16-/m0/s1. The summed E-state index contributed by atoms with van der Waals surface area (Å²) in [5, 5.41) is 5.91. The van der Waals surface area contributed by atoms with Crippen molar-refractivity contribution in [1.29, 1.82) is 0 Å². The molecule has 0 spiro atoms. The number of ether oxygens (including phenoxy) is 1. The molecule has 1 amide bonds. The molecule has 1 heterocycles. The molecular weight excluding hydrogens is 378 g/mol. The van der Waals surface area contributed by atoms with Gasteiger partial charge >= 0.3 is 0 Å². The van der Waals surface area contributed by atoms with E-state index in [0.717, 1.165) is 11.3 Å². The Morgan fingerprint density at radius 1 is 1.07 bits per heavy atom. The Morgan fingerprint density at radius 2 is 1.75 bits per heavy atom. The number of hydrogen-bond acceptors (Lipinski definition) is 5. The van der Waals surface area contributed by atoms with Crippen LogP contribution in [0.15, 0.2) is 53.4 Å². The number of morpholine rings is 1. The van der Waals surface area contributed by atoms with E-state index in [0.29, 0.717) is 32.0 Å². The number of anilines is 2. The summed E-state index contributed by atoms with van der Waals surface area (Å²) >= 11 is 0. The van der Waals surface area contributed by atoms with Gasteiger partial charge in [-0.1, -0.05) is 23.8 Å². The second-order valence-corrected chi connectivity index (χ2v) is 8.70. The number of benzene rings is 2. The van der Waals surface area contributed by atoms with Crippen molar-refractivity contribution in [2.45, 2.75) is 24.8 Å². The van der Waals surface area contributed by atoms with Crippen LogP contribution in [0.5, 0.6) is 0 Å². The normalized spacial score (nSPS) is 16.4. The van der Waals surface area contributed by atoms with Crippen molar-refractivity contribution >= 4 is 27.3 Å². The molecule has 0 radical (unpaired) electrons. The van der Waals surface area contributed by atoms with Crippen LogP contribution in [0, 0.1) is 6.92 Å². The van der Waals surface area contributed by atoms with Crippen LogP contribution in [0.2, 0.25) is 0 Å². The molecule has 0 aliphatic carbocycles. The number of carbonyl (C=O) groups is 1. The third-order valence-corrected chi connectivity index (χ3v) is 6.43. The predicted molar refractivity (Wildman–Crippen MR) is 109 cm³/mol. The molecule has 28 heavy (non-hydrogen) atoms. The van der Waals surface area contributed by atoms with Crippen molar-refractivity contribution in [3.05, 3.63) is 54.1 Å². The summed E-state index contributed by atoms with van der Waals surface area (Å²) < 4.78 is 32.2. The van der Waals surface area contributed by atoms with E-state index in [1.807, 2.05) is 31.2 Å². The molecule has 3 rings (SSSR count). The minimum atomic E-state index is -3.61. The molecule has 0 unspecified atom stereocenters. The summed E-state index contributed by atoms with van der Waals surface area (Å²) in [7, 11) is -3.61. The highest BCUT2D eigenvalue weighted by atomic mass is 32.2. The average Bonchev–Trinajstić information content (AvgIpc) is 2.70. The van der Waals surface area contributed by atoms with Gasteiger partial charge in [-0.05, 0) is 44.2 Å². The second-order valence-electron chi connectivity index (χ2n) is 6.77. The zero-order chi connectivity index (χ0) is 20.1. The minimum Gasteiger partial charge on any atom is -0.379 e. The van der Waals surface area contributed by atoms with Crippen LogP contribution in [-0.2, 0) is 19.6 Å². The summed E-state index contributed by atoms with van der Waals surface area (Å²) in [6.07, 6.45) is 0. The van der Waals surface area contributed by atoms with Crippen LogP contribution in [0.25, 0.3) is 0 Å². The molecule has 1 saturated heterocycles. The molecule has 2 aromatic rings. The van der Waals surface area contributed by atoms with Crippen LogP contribution >= 0.6 is 0 Å². The van der Waals surface area contributed by atoms with E-state index in [4.69, 9.17) is 4.74 Å². The highest BCUT2D eigenvalue weighted by Crippen LogP contribution is 2.21. The molecule has 1 atom stereocenters. The first-order chi connectivity index (χ1) is 13.4. The first-order valence-electron chi connectivity index (χ1n) is 9.18. The Kier molecular flexibility index (Phi) is 6.33. The monoisotopic (exact) mass is 403 g/mol. The van der Waals surface area contributed by atoms with Crippen LogP contribution in [-0.4, -0.2) is 51.0 Å². The van der Waals surface area contributed by atoms with E-state index in [-0.39, 0.29) is 10.8 Å². The number of carbonyl (C=O) groups excluding carboxylic acids is 1. The molecule has 2 aromatic carbocycles. The number of hydrogen-bond donors (Lipinski definition) is 2. The van der Waals surface area contributed by atoms with Crippen molar-refractivity contribution < 1.29 is 17.9 Å². The van der Waals surface area contributed by atoms with E-state index in [2.05, 4.69) is 10.6 Å². The van der Waals surface area contributed by atoms with E-state index in [9.17, 15) is 13.2 Å². The van der Waals surface area contributed by atoms with Crippen LogP contribution in [0.1, 0.15) is 12.5 Å². The predicted octanol–water partition coefficient (Wildman–Crippen LogP) is 2.46. The van der Waals surface area contributed by atoms with Gasteiger partial charge in [0.2, 0.25) is 15.9 Å². The summed E-state index contributed by atoms with van der Waals surface area (Å²) in [6, 6.07) is 13.6. The molecule has 1 aliphatic heterocycles. The van der Waals surface area contributed by atoms with Crippen molar-refractivity contribution in [2.75, 3.05) is 36.9 Å². The van der Waals surface area contributed by atoms with Gasteiger partial charge in [0, 0.05) is 24.5 Å². The van der Waals surface area contributed by atoms with E-state index >= 15 is 0 Å². The maximum absolute atomic E-state index is 12.8. The van der Waals surface area contributed by atoms with E-state index < -0.39 is 16.1 Å². The molecule has 8 heteroatoms. The van der Waals surface area contributed by atoms with E-state index in [1.54, 1.807) is 19.1 Å². The molecule has 2 N–H and O–H groups in total. The fraction of sp³-hybridized carbons (Fsp3) is 0.350. The summed E-state index contributed by atoms with van der Waals surface area (Å²) in [4.78, 5) is 12.7. The Morgan fingerprint density at radius 3 is 2.43 bits per heavy atom. The Hall–Kier alpha value is -2.42. The lowest BCUT2D eigenvalue weighted by atomic mass is 10.2. The van der Waals surface area contributed by atoms with Crippen LogP contribution in [0.4, 0.5) is 11.4 Å². The Labute approximate surface area is 165 Å². The number of sulfonamides is 1. The molecule has 0 aromatic heterocycles. The van der Waals surface area contributed by atoms with Gasteiger partial charge in [-0.15, -0.1) is 0 Å². The third kappa shape index (κ3) is 4.89. The van der Waals surface area contributed by atoms with Crippen molar-refractivity contribution in [3.63, 3.8) is 0 Å². The Balaban J connectivity index is 1.68. The molecule has 0 saturated carbocycles. The number of rotatable bonds is 6. The average molecular weight is 404 g/mol. The lowest BCUT2D eigenvalue weighted by Gasteiger charge is -2.26. The first kappa shape index (κ1) is 20.3. The van der Waals surface area contributed by atoms with Crippen LogP contribution in [0.3, 0.4) is 0 Å². The SMILES string of the molecule is Cc1ccc(N[C@@H](C)C(=O)Nc2cccc(S(=O)(=O)N3CCOCC3)c2)cc1. The molecule has 150 valence electrons. The third-order valence-electron chi connectivity index (χ3n) is 4.54. The maximum atomic E-state index is 12.8. The largest absolute Gasteiger partial charge is 0.379 e. The summed E-state index contributed by atoms with van der Waals surface area (Å²) in [5.41, 5.74) is 2.43. The highest BCUT2D eigenvalue weighted by molar-refractivity contribution is 7.89. The smallest absolute Gasteiger partial charge is 0.246 e. The topological polar surface area (TPSA) is 87.7 Å². The van der Waals surface area contributed by atoms with Gasteiger partial charge in [-0.25, -0.2) is 8.42 Å². The number of nitrogens with zero attached hydrogens (tertiary/aromatic N) is 1. The van der Waals surface area contributed by atoms with E-state index in [1.165, 1.54) is 16.4 Å². The molecule has 0 bridgehead atoms. The van der Waals surface area contributed by atoms with Crippen molar-refractivity contribution in [3.8, 4) is 0 Å². The van der Waals surface area contributed by atoms with Crippen molar-refractivity contribution in [2.24, 2.45) is 0 Å². The zero-order valence-corrected chi connectivity index (χ0v) is 16.8. The molecule has 1 fully saturated rings. The summed E-state index contributed by atoms with van der Waals surface area (Å²) in [6.45, 7) is 5.18.